The van der Waals surface area contributed by atoms with Crippen molar-refractivity contribution in [1.82, 2.24) is 9.91 Å². The summed E-state index contributed by atoms with van der Waals surface area (Å²) in [6.45, 7) is 7.13. The molecule has 1 saturated heterocycles. The average Bonchev–Trinajstić information content (AvgIpc) is 3.14. The van der Waals surface area contributed by atoms with Gasteiger partial charge in [-0.3, -0.25) is 9.69 Å². The van der Waals surface area contributed by atoms with E-state index in [0.29, 0.717) is 37.5 Å². The summed E-state index contributed by atoms with van der Waals surface area (Å²) < 4.78 is 19.8. The summed E-state index contributed by atoms with van der Waals surface area (Å²) in [4.78, 5) is 15.3. The summed E-state index contributed by atoms with van der Waals surface area (Å²) >= 11 is 0. The number of nitrogens with zero attached hydrogens (tertiary/aromatic N) is 3. The van der Waals surface area contributed by atoms with E-state index in [0.717, 1.165) is 24.2 Å². The highest BCUT2D eigenvalue weighted by Gasteiger charge is 2.35. The molecule has 0 N–H and O–H groups in total. The predicted molar refractivity (Wildman–Crippen MR) is 110 cm³/mol. The monoisotopic (exact) mass is 395 g/mol. The second kappa shape index (κ2) is 8.43. The molecule has 0 aliphatic carbocycles. The Morgan fingerprint density at radius 2 is 1.93 bits per heavy atom. The van der Waals surface area contributed by atoms with Gasteiger partial charge in [0.05, 0.1) is 31.5 Å². The largest absolute Gasteiger partial charge is 0.379 e. The second-order valence-corrected chi connectivity index (χ2v) is 7.73. The summed E-state index contributed by atoms with van der Waals surface area (Å²) in [5.74, 6) is -0.378. The van der Waals surface area contributed by atoms with Crippen molar-refractivity contribution in [1.29, 1.82) is 0 Å². The highest BCUT2D eigenvalue weighted by molar-refractivity contribution is 6.03. The molecule has 4 rings (SSSR count). The minimum Gasteiger partial charge on any atom is -0.379 e. The van der Waals surface area contributed by atoms with Crippen molar-refractivity contribution in [2.45, 2.75) is 26.3 Å². The van der Waals surface area contributed by atoms with Gasteiger partial charge < -0.3 is 4.74 Å². The fourth-order valence-electron chi connectivity index (χ4n) is 4.06. The molecule has 0 aromatic heterocycles. The van der Waals surface area contributed by atoms with Crippen molar-refractivity contribution in [3.05, 3.63) is 70.5 Å². The van der Waals surface area contributed by atoms with Crippen molar-refractivity contribution in [2.24, 2.45) is 5.10 Å². The summed E-state index contributed by atoms with van der Waals surface area (Å²) in [6.07, 6.45) is 0.500. The normalized spacial score (nSPS) is 20.0. The molecule has 152 valence electrons. The van der Waals surface area contributed by atoms with Crippen LogP contribution >= 0.6 is 0 Å². The molecule has 6 heteroatoms. The highest BCUT2D eigenvalue weighted by atomic mass is 19.1. The number of halogens is 1. The molecule has 1 fully saturated rings. The molecule has 2 aromatic rings. The van der Waals surface area contributed by atoms with Gasteiger partial charge in [-0.05, 0) is 31.0 Å². The third kappa shape index (κ3) is 4.23. The Labute approximate surface area is 170 Å². The number of aryl methyl sites for hydroxylation is 2. The first-order valence-corrected chi connectivity index (χ1v) is 10.0. The Balaban J connectivity index is 1.65. The van der Waals surface area contributed by atoms with Crippen molar-refractivity contribution >= 4 is 11.6 Å². The van der Waals surface area contributed by atoms with Crippen LogP contribution in [-0.4, -0.2) is 54.4 Å². The maximum Gasteiger partial charge on any atom is 0.257 e. The minimum atomic E-state index is -0.312. The third-order valence-electron chi connectivity index (χ3n) is 5.60. The lowest BCUT2D eigenvalue weighted by Crippen LogP contribution is -2.43. The van der Waals surface area contributed by atoms with Crippen LogP contribution < -0.4 is 0 Å². The number of morpholine rings is 1. The lowest BCUT2D eigenvalue weighted by atomic mass is 9.94. The van der Waals surface area contributed by atoms with Gasteiger partial charge in [-0.15, -0.1) is 0 Å². The second-order valence-electron chi connectivity index (χ2n) is 7.73. The molecule has 1 atom stereocenters. The van der Waals surface area contributed by atoms with Gasteiger partial charge in [-0.1, -0.05) is 42.0 Å². The molecule has 2 aliphatic rings. The van der Waals surface area contributed by atoms with Crippen molar-refractivity contribution in [3.8, 4) is 0 Å². The third-order valence-corrected chi connectivity index (χ3v) is 5.60. The van der Waals surface area contributed by atoms with Gasteiger partial charge in [0, 0.05) is 25.1 Å². The number of amides is 1. The Kier molecular flexibility index (Phi) is 5.74. The molecule has 0 saturated carbocycles. The first kappa shape index (κ1) is 19.7. The fraction of sp³-hybridized carbons (Fsp3) is 0.391. The number of hydrogen-bond donors (Lipinski definition) is 0. The molecule has 0 radical (unpaired) electrons. The van der Waals surface area contributed by atoms with Gasteiger partial charge in [-0.2, -0.15) is 5.10 Å². The van der Waals surface area contributed by atoms with Crippen LogP contribution in [0.5, 0.6) is 0 Å². The van der Waals surface area contributed by atoms with E-state index < -0.39 is 0 Å². The molecule has 1 amide bonds. The predicted octanol–water partition coefficient (Wildman–Crippen LogP) is 3.45. The summed E-state index contributed by atoms with van der Waals surface area (Å²) in [5.41, 5.74) is 4.42. The highest BCUT2D eigenvalue weighted by Crippen LogP contribution is 2.35. The molecule has 2 heterocycles. The molecule has 0 spiro atoms. The number of carbonyl (C=O) groups is 1. The lowest BCUT2D eigenvalue weighted by molar-refractivity contribution is -0.135. The van der Waals surface area contributed by atoms with E-state index >= 15 is 0 Å². The zero-order valence-electron chi connectivity index (χ0n) is 16.9. The Hall–Kier alpha value is -2.57. The Morgan fingerprint density at radius 1 is 1.17 bits per heavy atom. The summed E-state index contributed by atoms with van der Waals surface area (Å²) in [6, 6.07) is 12.6. The molecular weight excluding hydrogens is 369 g/mol. The zero-order chi connectivity index (χ0) is 20.4. The van der Waals surface area contributed by atoms with Gasteiger partial charge >= 0.3 is 0 Å². The average molecular weight is 395 g/mol. The SMILES string of the molecule is Cc1ccc([C@H]2CC(c3ccccc3F)=NN2C(=O)CN2CCOCC2)c(C)c1. The van der Waals surface area contributed by atoms with E-state index in [9.17, 15) is 9.18 Å². The first-order chi connectivity index (χ1) is 14.0. The van der Waals surface area contributed by atoms with E-state index in [4.69, 9.17) is 4.74 Å². The number of benzene rings is 2. The number of hydrogen-bond acceptors (Lipinski definition) is 4. The number of rotatable bonds is 4. The molecule has 0 bridgehead atoms. The molecule has 2 aliphatic heterocycles. The van der Waals surface area contributed by atoms with Gasteiger partial charge in [0.2, 0.25) is 0 Å². The van der Waals surface area contributed by atoms with Crippen LogP contribution in [0.25, 0.3) is 0 Å². The summed E-state index contributed by atoms with van der Waals surface area (Å²) in [7, 11) is 0. The van der Waals surface area contributed by atoms with Crippen LogP contribution in [0.2, 0.25) is 0 Å². The standard InChI is InChI=1S/C23H26FN3O2/c1-16-7-8-18(17(2)13-16)22-14-21(19-5-3-4-6-20(19)24)25-27(22)23(28)15-26-9-11-29-12-10-26/h3-8,13,22H,9-12,14-15H2,1-2H3/t22-/m1/s1. The first-order valence-electron chi connectivity index (χ1n) is 10.0. The van der Waals surface area contributed by atoms with Crippen LogP contribution in [0.4, 0.5) is 4.39 Å². The number of ether oxygens (including phenoxy) is 1. The van der Waals surface area contributed by atoms with Gasteiger partial charge in [0.1, 0.15) is 5.82 Å². The quantitative estimate of drug-likeness (QED) is 0.797. The zero-order valence-corrected chi connectivity index (χ0v) is 16.9. The summed E-state index contributed by atoms with van der Waals surface area (Å²) in [5, 5.41) is 6.17. The van der Waals surface area contributed by atoms with Crippen molar-refractivity contribution in [2.75, 3.05) is 32.8 Å². The Bertz CT molecular complexity index is 937. The van der Waals surface area contributed by atoms with Crippen LogP contribution in [0.3, 0.4) is 0 Å². The maximum absolute atomic E-state index is 14.4. The molecule has 2 aromatic carbocycles. The van der Waals surface area contributed by atoms with Crippen LogP contribution in [0.1, 0.15) is 34.7 Å². The van der Waals surface area contributed by atoms with E-state index in [2.05, 4.69) is 22.1 Å². The minimum absolute atomic E-state index is 0.0665. The maximum atomic E-state index is 14.4. The molecule has 5 nitrogen and oxygen atoms in total. The van der Waals surface area contributed by atoms with Gasteiger partial charge in [0.15, 0.2) is 0 Å². The smallest absolute Gasteiger partial charge is 0.257 e. The van der Waals surface area contributed by atoms with Crippen LogP contribution in [-0.2, 0) is 9.53 Å². The van der Waals surface area contributed by atoms with E-state index in [1.807, 2.05) is 19.9 Å². The van der Waals surface area contributed by atoms with E-state index in [1.54, 1.807) is 23.2 Å². The van der Waals surface area contributed by atoms with Crippen molar-refractivity contribution in [3.63, 3.8) is 0 Å². The topological polar surface area (TPSA) is 45.1 Å². The van der Waals surface area contributed by atoms with Crippen LogP contribution in [0, 0.1) is 19.7 Å². The number of hydrazone groups is 1. The van der Waals surface area contributed by atoms with Gasteiger partial charge in [-0.25, -0.2) is 9.40 Å². The van der Waals surface area contributed by atoms with E-state index in [1.165, 1.54) is 11.6 Å². The fourth-order valence-corrected chi connectivity index (χ4v) is 4.06. The van der Waals surface area contributed by atoms with Crippen LogP contribution in [0.15, 0.2) is 47.6 Å². The lowest BCUT2D eigenvalue weighted by Gasteiger charge is -2.29. The van der Waals surface area contributed by atoms with Gasteiger partial charge in [0.25, 0.3) is 5.91 Å². The molecule has 0 unspecified atom stereocenters. The number of carbonyl (C=O) groups excluding carboxylic acids is 1. The molecular formula is C23H26FN3O2. The van der Waals surface area contributed by atoms with E-state index in [-0.39, 0.29) is 17.8 Å². The van der Waals surface area contributed by atoms with Crippen molar-refractivity contribution < 1.29 is 13.9 Å². The Morgan fingerprint density at radius 3 is 2.66 bits per heavy atom. The molecule has 29 heavy (non-hydrogen) atoms.